The molecule has 0 spiro atoms. The largest absolute Gasteiger partial charge is 0.483 e. The maximum absolute atomic E-state index is 12.0. The molecule has 1 amide bonds. The van der Waals surface area contributed by atoms with E-state index in [1.54, 1.807) is 6.20 Å². The zero-order valence-electron chi connectivity index (χ0n) is 13.9. The van der Waals surface area contributed by atoms with Crippen LogP contribution in [0.25, 0.3) is 10.9 Å². The van der Waals surface area contributed by atoms with E-state index in [0.29, 0.717) is 12.5 Å². The van der Waals surface area contributed by atoms with Crippen LogP contribution in [0.2, 0.25) is 0 Å². The lowest BCUT2D eigenvalue weighted by Crippen LogP contribution is -2.28. The molecule has 124 valence electrons. The van der Waals surface area contributed by atoms with Gasteiger partial charge in [0.2, 0.25) is 0 Å². The SMILES string of the molecule is CC(C)c1c[nH]c2cccc(OCC(=O)NCc3ccccn3)c12. The zero-order valence-corrected chi connectivity index (χ0v) is 13.9. The number of fused-ring (bicyclic) bond motifs is 1. The molecule has 0 fully saturated rings. The van der Waals surface area contributed by atoms with Crippen LogP contribution in [-0.2, 0) is 11.3 Å². The molecule has 5 nitrogen and oxygen atoms in total. The van der Waals surface area contributed by atoms with Crippen LogP contribution < -0.4 is 10.1 Å². The van der Waals surface area contributed by atoms with Crippen molar-refractivity contribution in [3.63, 3.8) is 0 Å². The van der Waals surface area contributed by atoms with Crippen molar-refractivity contribution in [1.82, 2.24) is 15.3 Å². The summed E-state index contributed by atoms with van der Waals surface area (Å²) >= 11 is 0. The standard InChI is InChI=1S/C19H21N3O2/c1-13(2)15-11-21-16-7-5-8-17(19(15)16)24-12-18(23)22-10-14-6-3-4-9-20-14/h3-9,11,13,21H,10,12H2,1-2H3,(H,22,23). The molecule has 0 bridgehead atoms. The molecule has 0 saturated heterocycles. The lowest BCUT2D eigenvalue weighted by molar-refractivity contribution is -0.123. The summed E-state index contributed by atoms with van der Waals surface area (Å²) in [5.74, 6) is 0.936. The molecule has 0 unspecified atom stereocenters. The molecule has 1 aromatic carbocycles. The smallest absolute Gasteiger partial charge is 0.258 e. The summed E-state index contributed by atoms with van der Waals surface area (Å²) in [5.41, 5.74) is 3.03. The maximum atomic E-state index is 12.0. The van der Waals surface area contributed by atoms with Crippen molar-refractivity contribution in [1.29, 1.82) is 0 Å². The molecule has 2 heterocycles. The number of carbonyl (C=O) groups is 1. The highest BCUT2D eigenvalue weighted by Gasteiger charge is 2.13. The molecule has 5 heteroatoms. The third-order valence-corrected chi connectivity index (χ3v) is 3.87. The van der Waals surface area contributed by atoms with Gasteiger partial charge in [0.05, 0.1) is 12.2 Å². The minimum absolute atomic E-state index is 0.0192. The molecule has 2 N–H and O–H groups in total. The number of hydrogen-bond donors (Lipinski definition) is 2. The first-order valence-corrected chi connectivity index (χ1v) is 8.04. The lowest BCUT2D eigenvalue weighted by Gasteiger charge is -2.10. The van der Waals surface area contributed by atoms with Gasteiger partial charge in [-0.25, -0.2) is 0 Å². The van der Waals surface area contributed by atoms with Crippen molar-refractivity contribution >= 4 is 16.8 Å². The molecule has 0 aliphatic carbocycles. The van der Waals surface area contributed by atoms with Gasteiger partial charge >= 0.3 is 0 Å². The van der Waals surface area contributed by atoms with Crippen LogP contribution in [0.4, 0.5) is 0 Å². The van der Waals surface area contributed by atoms with Gasteiger partial charge in [-0.2, -0.15) is 0 Å². The van der Waals surface area contributed by atoms with Crippen molar-refractivity contribution in [2.75, 3.05) is 6.61 Å². The number of aromatic amines is 1. The molecule has 0 atom stereocenters. The summed E-state index contributed by atoms with van der Waals surface area (Å²) in [6.45, 7) is 4.65. The van der Waals surface area contributed by atoms with E-state index in [2.05, 4.69) is 29.1 Å². The van der Waals surface area contributed by atoms with E-state index in [9.17, 15) is 4.79 Å². The van der Waals surface area contributed by atoms with Crippen LogP contribution in [0.1, 0.15) is 31.0 Å². The third kappa shape index (κ3) is 3.56. The van der Waals surface area contributed by atoms with Crippen LogP contribution in [0.15, 0.2) is 48.8 Å². The highest BCUT2D eigenvalue weighted by molar-refractivity contribution is 5.90. The number of ether oxygens (including phenoxy) is 1. The van der Waals surface area contributed by atoms with Crippen LogP contribution in [-0.4, -0.2) is 22.5 Å². The Hall–Kier alpha value is -2.82. The average molecular weight is 323 g/mol. The molecule has 24 heavy (non-hydrogen) atoms. The van der Waals surface area contributed by atoms with E-state index in [1.165, 1.54) is 5.56 Å². The van der Waals surface area contributed by atoms with Crippen LogP contribution in [0, 0.1) is 0 Å². The fraction of sp³-hybridized carbons (Fsp3) is 0.263. The predicted octanol–water partition coefficient (Wildman–Crippen LogP) is 3.38. The van der Waals surface area contributed by atoms with Gasteiger partial charge in [-0.05, 0) is 35.7 Å². The first-order valence-electron chi connectivity index (χ1n) is 8.04. The maximum Gasteiger partial charge on any atom is 0.258 e. The predicted molar refractivity (Wildman–Crippen MR) is 94.0 cm³/mol. The van der Waals surface area contributed by atoms with E-state index in [0.717, 1.165) is 22.3 Å². The topological polar surface area (TPSA) is 67.0 Å². The zero-order chi connectivity index (χ0) is 16.9. The van der Waals surface area contributed by atoms with Gasteiger partial charge in [-0.1, -0.05) is 26.0 Å². The Labute approximate surface area is 141 Å². The summed E-state index contributed by atoms with van der Waals surface area (Å²) < 4.78 is 5.77. The molecule has 2 aromatic heterocycles. The highest BCUT2D eigenvalue weighted by Crippen LogP contribution is 2.32. The summed E-state index contributed by atoms with van der Waals surface area (Å²) in [6.07, 6.45) is 3.71. The van der Waals surface area contributed by atoms with E-state index in [4.69, 9.17) is 4.74 Å². The molecular formula is C19H21N3O2. The number of pyridine rings is 1. The van der Waals surface area contributed by atoms with Crippen molar-refractivity contribution in [2.24, 2.45) is 0 Å². The van der Waals surface area contributed by atoms with Crippen molar-refractivity contribution in [3.8, 4) is 5.75 Å². The van der Waals surface area contributed by atoms with Gasteiger partial charge in [0, 0.05) is 23.3 Å². The Morgan fingerprint density at radius 1 is 1.25 bits per heavy atom. The third-order valence-electron chi connectivity index (χ3n) is 3.87. The molecule has 3 aromatic rings. The number of nitrogens with one attached hydrogen (secondary N) is 2. The fourth-order valence-corrected chi connectivity index (χ4v) is 2.64. The number of benzene rings is 1. The van der Waals surface area contributed by atoms with E-state index >= 15 is 0 Å². The van der Waals surface area contributed by atoms with Crippen molar-refractivity contribution in [2.45, 2.75) is 26.3 Å². The number of H-pyrrole nitrogens is 1. The van der Waals surface area contributed by atoms with Crippen LogP contribution in [0.3, 0.4) is 0 Å². The Balaban J connectivity index is 1.65. The number of amides is 1. The van der Waals surface area contributed by atoms with Gasteiger partial charge in [0.25, 0.3) is 5.91 Å². The first-order chi connectivity index (χ1) is 11.6. The van der Waals surface area contributed by atoms with Gasteiger partial charge < -0.3 is 15.0 Å². The molecule has 3 rings (SSSR count). The number of aromatic nitrogens is 2. The first kappa shape index (κ1) is 16.1. The van der Waals surface area contributed by atoms with Crippen LogP contribution >= 0.6 is 0 Å². The summed E-state index contributed by atoms with van der Waals surface area (Å²) in [4.78, 5) is 19.4. The minimum Gasteiger partial charge on any atom is -0.483 e. The number of hydrogen-bond acceptors (Lipinski definition) is 3. The lowest BCUT2D eigenvalue weighted by atomic mass is 10.0. The molecular weight excluding hydrogens is 302 g/mol. The molecule has 0 aliphatic heterocycles. The van der Waals surface area contributed by atoms with E-state index in [1.807, 2.05) is 42.6 Å². The fourth-order valence-electron chi connectivity index (χ4n) is 2.64. The monoisotopic (exact) mass is 323 g/mol. The Morgan fingerprint density at radius 3 is 2.88 bits per heavy atom. The number of carbonyl (C=O) groups excluding carboxylic acids is 1. The van der Waals surface area contributed by atoms with E-state index < -0.39 is 0 Å². The van der Waals surface area contributed by atoms with Crippen molar-refractivity contribution in [3.05, 3.63) is 60.0 Å². The van der Waals surface area contributed by atoms with E-state index in [-0.39, 0.29) is 12.5 Å². The quantitative estimate of drug-likeness (QED) is 0.731. The van der Waals surface area contributed by atoms with Gasteiger partial charge in [-0.3, -0.25) is 9.78 Å². The van der Waals surface area contributed by atoms with Gasteiger partial charge in [-0.15, -0.1) is 0 Å². The van der Waals surface area contributed by atoms with Gasteiger partial charge in [0.1, 0.15) is 5.75 Å². The van der Waals surface area contributed by atoms with Crippen LogP contribution in [0.5, 0.6) is 5.75 Å². The Morgan fingerprint density at radius 2 is 2.12 bits per heavy atom. The minimum atomic E-state index is -0.167. The Kier molecular flexibility index (Phi) is 4.79. The second-order valence-electron chi connectivity index (χ2n) is 5.96. The number of nitrogens with zero attached hydrogens (tertiary/aromatic N) is 1. The summed E-state index contributed by atoms with van der Waals surface area (Å²) in [5, 5.41) is 3.86. The summed E-state index contributed by atoms with van der Waals surface area (Å²) in [6, 6.07) is 11.4. The van der Waals surface area contributed by atoms with Gasteiger partial charge in [0.15, 0.2) is 6.61 Å². The average Bonchev–Trinajstić information content (AvgIpc) is 3.04. The molecule has 0 saturated carbocycles. The Bertz CT molecular complexity index is 825. The molecule has 0 aliphatic rings. The van der Waals surface area contributed by atoms with Crippen molar-refractivity contribution < 1.29 is 9.53 Å². The second-order valence-corrected chi connectivity index (χ2v) is 5.96. The second kappa shape index (κ2) is 7.17. The summed E-state index contributed by atoms with van der Waals surface area (Å²) in [7, 11) is 0. The normalized spacial score (nSPS) is 11.0. The number of rotatable bonds is 6. The molecule has 0 radical (unpaired) electrons. The highest BCUT2D eigenvalue weighted by atomic mass is 16.5.